The number of ether oxygens (including phenoxy) is 2. The molecule has 1 N–H and O–H groups in total. The van der Waals surface area contributed by atoms with Gasteiger partial charge in [-0.05, 0) is 23.6 Å². The molecular formula is C18H16Cl3N3O4. The largest absolute Gasteiger partial charge is 0.466 e. The highest BCUT2D eigenvalue weighted by molar-refractivity contribution is 6.37. The average Bonchev–Trinajstić information content (AvgIpc) is 2.63. The third-order valence-corrected chi connectivity index (χ3v) is 4.28. The molecule has 0 spiro atoms. The number of halogens is 3. The Hall–Kier alpha value is -2.35. The first kappa shape index (κ1) is 21.9. The van der Waals surface area contributed by atoms with Crippen LogP contribution in [0.25, 0.3) is 0 Å². The van der Waals surface area contributed by atoms with Crippen molar-refractivity contribution < 1.29 is 19.1 Å². The lowest BCUT2D eigenvalue weighted by Gasteiger charge is -2.13. The Kier molecular flexibility index (Phi) is 7.62. The standard InChI is InChI=1S/C18H16Cl3N3O4/c1-9(2)11-8-15(23-24-18(11)21)28-17-12(19)6-10(7-13(17)20)22-14(25)4-5-16(26)27-3/h4-9H,1-3H3,(H,22,25)/b5-4+. The van der Waals surface area contributed by atoms with Crippen LogP contribution in [0.5, 0.6) is 11.6 Å². The van der Waals surface area contributed by atoms with Crippen molar-refractivity contribution in [3.63, 3.8) is 0 Å². The Balaban J connectivity index is 2.20. The molecule has 0 atom stereocenters. The van der Waals surface area contributed by atoms with E-state index in [-0.39, 0.29) is 32.7 Å². The van der Waals surface area contributed by atoms with Gasteiger partial charge in [0.2, 0.25) is 11.8 Å². The van der Waals surface area contributed by atoms with Crippen LogP contribution in [0.3, 0.4) is 0 Å². The number of nitrogens with zero attached hydrogens (tertiary/aromatic N) is 2. The molecule has 0 saturated heterocycles. The number of carbonyl (C=O) groups is 2. The molecule has 148 valence electrons. The average molecular weight is 445 g/mol. The number of esters is 1. The summed E-state index contributed by atoms with van der Waals surface area (Å²) < 4.78 is 10.1. The molecule has 0 bridgehead atoms. The molecule has 1 heterocycles. The van der Waals surface area contributed by atoms with E-state index in [9.17, 15) is 9.59 Å². The molecule has 2 rings (SSSR count). The second kappa shape index (κ2) is 9.73. The van der Waals surface area contributed by atoms with Crippen molar-refractivity contribution in [3.8, 4) is 11.6 Å². The van der Waals surface area contributed by atoms with Gasteiger partial charge in [0, 0.05) is 23.9 Å². The number of hydrogen-bond donors (Lipinski definition) is 1. The molecule has 1 aromatic carbocycles. The number of rotatable bonds is 6. The topological polar surface area (TPSA) is 90.4 Å². The summed E-state index contributed by atoms with van der Waals surface area (Å²) in [6.45, 7) is 3.91. The number of aromatic nitrogens is 2. The predicted molar refractivity (Wildman–Crippen MR) is 107 cm³/mol. The van der Waals surface area contributed by atoms with Crippen molar-refractivity contribution in [3.05, 3.63) is 51.1 Å². The summed E-state index contributed by atoms with van der Waals surface area (Å²) in [5, 5.41) is 10.8. The van der Waals surface area contributed by atoms with Crippen molar-refractivity contribution in [1.82, 2.24) is 10.2 Å². The molecule has 0 aliphatic heterocycles. The first-order valence-corrected chi connectivity index (χ1v) is 9.11. The molecular weight excluding hydrogens is 429 g/mol. The maximum absolute atomic E-state index is 11.8. The molecule has 2 aromatic rings. The zero-order valence-corrected chi connectivity index (χ0v) is 17.4. The van der Waals surface area contributed by atoms with Crippen molar-refractivity contribution >= 4 is 52.4 Å². The van der Waals surface area contributed by atoms with Crippen LogP contribution < -0.4 is 10.1 Å². The molecule has 0 aliphatic rings. The minimum atomic E-state index is -0.653. The van der Waals surface area contributed by atoms with Gasteiger partial charge in [-0.3, -0.25) is 4.79 Å². The molecule has 0 fully saturated rings. The highest BCUT2D eigenvalue weighted by atomic mass is 35.5. The minimum absolute atomic E-state index is 0.118. The monoisotopic (exact) mass is 443 g/mol. The highest BCUT2D eigenvalue weighted by Gasteiger charge is 2.15. The number of amides is 1. The maximum atomic E-state index is 11.8. The number of methoxy groups -OCH3 is 1. The SMILES string of the molecule is COC(=O)/C=C/C(=O)Nc1cc(Cl)c(Oc2cc(C(C)C)c(Cl)nn2)c(Cl)c1. The lowest BCUT2D eigenvalue weighted by molar-refractivity contribution is -0.135. The number of benzene rings is 1. The van der Waals surface area contributed by atoms with Crippen LogP contribution >= 0.6 is 34.8 Å². The Morgan fingerprint density at radius 1 is 1.07 bits per heavy atom. The van der Waals surface area contributed by atoms with Crippen LogP contribution in [0.4, 0.5) is 5.69 Å². The van der Waals surface area contributed by atoms with Crippen LogP contribution in [-0.2, 0) is 14.3 Å². The summed E-state index contributed by atoms with van der Waals surface area (Å²) in [5.74, 6) is -0.768. The fourth-order valence-corrected chi connectivity index (χ4v) is 2.93. The van der Waals surface area contributed by atoms with E-state index < -0.39 is 11.9 Å². The first-order valence-electron chi connectivity index (χ1n) is 7.98. The van der Waals surface area contributed by atoms with E-state index in [1.165, 1.54) is 19.2 Å². The van der Waals surface area contributed by atoms with E-state index in [1.54, 1.807) is 6.07 Å². The van der Waals surface area contributed by atoms with Crippen molar-refractivity contribution in [2.75, 3.05) is 12.4 Å². The second-order valence-corrected chi connectivity index (χ2v) is 6.97. The number of carbonyl (C=O) groups excluding carboxylic acids is 2. The van der Waals surface area contributed by atoms with Gasteiger partial charge in [0.25, 0.3) is 0 Å². The first-order chi connectivity index (χ1) is 13.2. The van der Waals surface area contributed by atoms with Gasteiger partial charge in [-0.15, -0.1) is 10.2 Å². The van der Waals surface area contributed by atoms with Gasteiger partial charge in [-0.1, -0.05) is 48.7 Å². The van der Waals surface area contributed by atoms with E-state index in [4.69, 9.17) is 39.5 Å². The van der Waals surface area contributed by atoms with Crippen LogP contribution in [0.1, 0.15) is 25.3 Å². The molecule has 7 nitrogen and oxygen atoms in total. The molecule has 1 amide bonds. The van der Waals surface area contributed by atoms with Crippen molar-refractivity contribution in [2.45, 2.75) is 19.8 Å². The van der Waals surface area contributed by atoms with Gasteiger partial charge in [0.1, 0.15) is 0 Å². The number of hydrogen-bond acceptors (Lipinski definition) is 6. The van der Waals surface area contributed by atoms with Crippen LogP contribution in [0, 0.1) is 0 Å². The molecule has 1 aromatic heterocycles. The second-order valence-electron chi connectivity index (χ2n) is 5.80. The molecule has 0 aliphatic carbocycles. The van der Waals surface area contributed by atoms with Crippen molar-refractivity contribution in [1.29, 1.82) is 0 Å². The van der Waals surface area contributed by atoms with Gasteiger partial charge in [-0.2, -0.15) is 0 Å². The summed E-state index contributed by atoms with van der Waals surface area (Å²) >= 11 is 18.5. The van der Waals surface area contributed by atoms with E-state index in [2.05, 4.69) is 20.3 Å². The van der Waals surface area contributed by atoms with Crippen LogP contribution in [-0.4, -0.2) is 29.2 Å². The highest BCUT2D eigenvalue weighted by Crippen LogP contribution is 2.39. The molecule has 10 heteroatoms. The van der Waals surface area contributed by atoms with Crippen LogP contribution in [0.2, 0.25) is 15.2 Å². The Labute approximate surface area is 176 Å². The number of anilines is 1. The van der Waals surface area contributed by atoms with Gasteiger partial charge < -0.3 is 14.8 Å². The molecule has 28 heavy (non-hydrogen) atoms. The molecule has 0 unspecified atom stereocenters. The molecule has 0 radical (unpaired) electrons. The summed E-state index contributed by atoms with van der Waals surface area (Å²) in [4.78, 5) is 22.8. The van der Waals surface area contributed by atoms with Gasteiger partial charge in [0.05, 0.1) is 17.2 Å². The van der Waals surface area contributed by atoms with Crippen LogP contribution in [0.15, 0.2) is 30.4 Å². The summed E-state index contributed by atoms with van der Waals surface area (Å²) in [5.41, 5.74) is 1.08. The van der Waals surface area contributed by atoms with E-state index in [1.807, 2.05) is 13.8 Å². The molecule has 0 saturated carbocycles. The Morgan fingerprint density at radius 2 is 1.71 bits per heavy atom. The Morgan fingerprint density at radius 3 is 2.29 bits per heavy atom. The number of nitrogens with one attached hydrogen (secondary N) is 1. The van der Waals surface area contributed by atoms with E-state index in [0.717, 1.165) is 17.7 Å². The predicted octanol–water partition coefficient (Wildman–Crippen LogP) is 5.02. The fraction of sp³-hybridized carbons (Fsp3) is 0.222. The zero-order chi connectivity index (χ0) is 20.8. The minimum Gasteiger partial charge on any atom is -0.466 e. The summed E-state index contributed by atoms with van der Waals surface area (Å²) in [7, 11) is 1.21. The van der Waals surface area contributed by atoms with Gasteiger partial charge >= 0.3 is 5.97 Å². The maximum Gasteiger partial charge on any atom is 0.330 e. The van der Waals surface area contributed by atoms with Crippen molar-refractivity contribution in [2.24, 2.45) is 0 Å². The normalized spacial score (nSPS) is 11.0. The smallest absolute Gasteiger partial charge is 0.330 e. The lowest BCUT2D eigenvalue weighted by Crippen LogP contribution is -2.09. The van der Waals surface area contributed by atoms with Gasteiger partial charge in [-0.25, -0.2) is 4.79 Å². The summed E-state index contributed by atoms with van der Waals surface area (Å²) in [6.07, 6.45) is 2.01. The van der Waals surface area contributed by atoms with Gasteiger partial charge in [0.15, 0.2) is 10.9 Å². The third-order valence-electron chi connectivity index (χ3n) is 3.42. The third kappa shape index (κ3) is 5.82. The fourth-order valence-electron chi connectivity index (χ4n) is 2.06. The summed E-state index contributed by atoms with van der Waals surface area (Å²) in [6, 6.07) is 4.54. The van der Waals surface area contributed by atoms with E-state index in [0.29, 0.717) is 5.69 Å². The zero-order valence-electron chi connectivity index (χ0n) is 15.1. The van der Waals surface area contributed by atoms with E-state index >= 15 is 0 Å². The Bertz CT molecular complexity index is 909. The quantitative estimate of drug-likeness (QED) is 0.497. The lowest BCUT2D eigenvalue weighted by atomic mass is 10.1.